The summed E-state index contributed by atoms with van der Waals surface area (Å²) in [7, 11) is 0. The maximum Gasteiger partial charge on any atom is 0.0812 e. The number of benzene rings is 1. The van der Waals surface area contributed by atoms with Crippen molar-refractivity contribution in [2.75, 3.05) is 0 Å². The minimum absolute atomic E-state index is 0.285. The van der Waals surface area contributed by atoms with E-state index in [4.69, 9.17) is 0 Å². The van der Waals surface area contributed by atoms with Crippen molar-refractivity contribution in [3.63, 3.8) is 0 Å². The Kier molecular flexibility index (Phi) is 11.7. The van der Waals surface area contributed by atoms with Crippen LogP contribution < -0.4 is 0 Å². The Morgan fingerprint density at radius 2 is 1.25 bits per heavy atom. The van der Waals surface area contributed by atoms with Gasteiger partial charge >= 0.3 is 0 Å². The molecule has 0 heterocycles. The molecule has 0 fully saturated rings. The van der Waals surface area contributed by atoms with E-state index < -0.39 is 0 Å². The Bertz CT molecular complexity index is 236. The van der Waals surface area contributed by atoms with Crippen molar-refractivity contribution in [3.8, 4) is 0 Å². The Hall–Kier alpha value is -0.820. The van der Waals surface area contributed by atoms with Crippen LogP contribution in [0, 0.1) is 12.8 Å². The van der Waals surface area contributed by atoms with Crippen molar-refractivity contribution in [3.05, 3.63) is 35.4 Å². The molecule has 1 atom stereocenters. The quantitative estimate of drug-likeness (QED) is 0.769. The van der Waals surface area contributed by atoms with Crippen LogP contribution in [-0.4, -0.2) is 5.11 Å². The molecule has 1 nitrogen and oxygen atoms in total. The topological polar surface area (TPSA) is 20.2 Å². The first-order valence-corrected chi connectivity index (χ1v) is 6.36. The van der Waals surface area contributed by atoms with Crippen LogP contribution >= 0.6 is 0 Å². The van der Waals surface area contributed by atoms with Crippen molar-refractivity contribution in [2.45, 2.75) is 54.6 Å². The lowest BCUT2D eigenvalue weighted by Crippen LogP contribution is -2.04. The van der Waals surface area contributed by atoms with Crippen LogP contribution in [0.4, 0.5) is 0 Å². The summed E-state index contributed by atoms with van der Waals surface area (Å²) >= 11 is 0. The fraction of sp³-hybridized carbons (Fsp3) is 0.600. The summed E-state index contributed by atoms with van der Waals surface area (Å²) < 4.78 is 0. The number of rotatable bonds is 2. The third kappa shape index (κ3) is 6.62. The SMILES string of the molecule is CC.CC.Cc1ccc(C(O)C(C)C)cc1. The summed E-state index contributed by atoms with van der Waals surface area (Å²) in [6.45, 7) is 14.1. The molecule has 1 aromatic rings. The molecule has 0 aliphatic carbocycles. The maximum absolute atomic E-state index is 9.69. The van der Waals surface area contributed by atoms with Crippen molar-refractivity contribution in [1.82, 2.24) is 0 Å². The molecule has 16 heavy (non-hydrogen) atoms. The van der Waals surface area contributed by atoms with Crippen molar-refractivity contribution in [2.24, 2.45) is 5.92 Å². The number of hydrogen-bond donors (Lipinski definition) is 1. The van der Waals surface area contributed by atoms with Gasteiger partial charge in [-0.15, -0.1) is 0 Å². The first kappa shape index (κ1) is 17.6. The van der Waals surface area contributed by atoms with Crippen LogP contribution in [0.3, 0.4) is 0 Å². The molecule has 0 aromatic heterocycles. The molecule has 0 saturated heterocycles. The van der Waals surface area contributed by atoms with Crippen LogP contribution in [0.5, 0.6) is 0 Å². The third-order valence-electron chi connectivity index (χ3n) is 2.05. The van der Waals surface area contributed by atoms with E-state index in [2.05, 4.69) is 0 Å². The van der Waals surface area contributed by atoms with Gasteiger partial charge in [0.2, 0.25) is 0 Å². The molecule has 1 rings (SSSR count). The molecule has 1 aromatic carbocycles. The Morgan fingerprint density at radius 3 is 1.56 bits per heavy atom. The summed E-state index contributed by atoms with van der Waals surface area (Å²) in [6, 6.07) is 8.03. The molecular weight excluding hydrogens is 196 g/mol. The van der Waals surface area contributed by atoms with E-state index in [1.807, 2.05) is 72.7 Å². The molecule has 0 aliphatic heterocycles. The minimum Gasteiger partial charge on any atom is -0.388 e. The second kappa shape index (κ2) is 10.7. The van der Waals surface area contributed by atoms with Crippen molar-refractivity contribution >= 4 is 0 Å². The summed E-state index contributed by atoms with van der Waals surface area (Å²) in [5.41, 5.74) is 2.24. The summed E-state index contributed by atoms with van der Waals surface area (Å²) in [4.78, 5) is 0. The van der Waals surface area contributed by atoms with Gasteiger partial charge in [-0.2, -0.15) is 0 Å². The lowest BCUT2D eigenvalue weighted by atomic mass is 9.98. The smallest absolute Gasteiger partial charge is 0.0812 e. The van der Waals surface area contributed by atoms with Gasteiger partial charge in [0.1, 0.15) is 0 Å². The molecule has 0 amide bonds. The monoisotopic (exact) mass is 224 g/mol. The average Bonchev–Trinajstić information content (AvgIpc) is 2.34. The number of aliphatic hydroxyl groups is 1. The van der Waals surface area contributed by atoms with E-state index in [1.165, 1.54) is 5.56 Å². The van der Waals surface area contributed by atoms with Crippen LogP contribution in [-0.2, 0) is 0 Å². The second-order valence-electron chi connectivity index (χ2n) is 3.60. The van der Waals surface area contributed by atoms with E-state index in [0.717, 1.165) is 5.56 Å². The van der Waals surface area contributed by atoms with Crippen molar-refractivity contribution in [1.29, 1.82) is 0 Å². The van der Waals surface area contributed by atoms with E-state index in [0.29, 0.717) is 0 Å². The fourth-order valence-electron chi connectivity index (χ4n) is 1.15. The molecule has 94 valence electrons. The number of aryl methyl sites for hydroxylation is 1. The molecule has 0 saturated carbocycles. The van der Waals surface area contributed by atoms with E-state index >= 15 is 0 Å². The van der Waals surface area contributed by atoms with Crippen LogP contribution in [0.2, 0.25) is 0 Å². The van der Waals surface area contributed by atoms with Gasteiger partial charge in [-0.05, 0) is 18.4 Å². The molecule has 0 aliphatic rings. The first-order chi connectivity index (χ1) is 7.61. The molecule has 1 N–H and O–H groups in total. The molecule has 1 unspecified atom stereocenters. The molecule has 0 spiro atoms. The fourth-order valence-corrected chi connectivity index (χ4v) is 1.15. The predicted octanol–water partition coefficient (Wildman–Crippen LogP) is 4.74. The average molecular weight is 224 g/mol. The van der Waals surface area contributed by atoms with E-state index in [-0.39, 0.29) is 12.0 Å². The lowest BCUT2D eigenvalue weighted by molar-refractivity contribution is 0.127. The molecule has 0 bridgehead atoms. The largest absolute Gasteiger partial charge is 0.388 e. The second-order valence-corrected chi connectivity index (χ2v) is 3.60. The third-order valence-corrected chi connectivity index (χ3v) is 2.05. The normalized spacial score (nSPS) is 10.8. The highest BCUT2D eigenvalue weighted by molar-refractivity contribution is 5.23. The van der Waals surface area contributed by atoms with Gasteiger partial charge in [0.05, 0.1) is 6.10 Å². The molecule has 1 heteroatoms. The minimum atomic E-state index is -0.328. The maximum atomic E-state index is 9.69. The molecular formula is C15H28O. The lowest BCUT2D eigenvalue weighted by Gasteiger charge is -2.14. The van der Waals surface area contributed by atoms with Gasteiger partial charge in [0.25, 0.3) is 0 Å². The van der Waals surface area contributed by atoms with Gasteiger partial charge in [-0.1, -0.05) is 71.4 Å². The van der Waals surface area contributed by atoms with E-state index in [9.17, 15) is 5.11 Å². The van der Waals surface area contributed by atoms with Gasteiger partial charge in [0, 0.05) is 0 Å². The van der Waals surface area contributed by atoms with Crippen molar-refractivity contribution < 1.29 is 5.11 Å². The summed E-state index contributed by atoms with van der Waals surface area (Å²) in [5.74, 6) is 0.285. The number of hydrogen-bond acceptors (Lipinski definition) is 1. The van der Waals surface area contributed by atoms with Crippen LogP contribution in [0.15, 0.2) is 24.3 Å². The van der Waals surface area contributed by atoms with Gasteiger partial charge in [0.15, 0.2) is 0 Å². The van der Waals surface area contributed by atoms with Gasteiger partial charge in [-0.3, -0.25) is 0 Å². The zero-order valence-electron chi connectivity index (χ0n) is 11.9. The predicted molar refractivity (Wildman–Crippen MR) is 73.7 cm³/mol. The standard InChI is InChI=1S/C11H16O.2C2H6/c1-8(2)11(12)10-6-4-9(3)5-7-10;2*1-2/h4-8,11-12H,1-3H3;2*1-2H3. The highest BCUT2D eigenvalue weighted by atomic mass is 16.3. The van der Waals surface area contributed by atoms with Crippen LogP contribution in [0.25, 0.3) is 0 Å². The number of aliphatic hydroxyl groups excluding tert-OH is 1. The Balaban J connectivity index is 0. The summed E-state index contributed by atoms with van der Waals surface area (Å²) in [5, 5.41) is 9.69. The Morgan fingerprint density at radius 1 is 0.875 bits per heavy atom. The zero-order valence-corrected chi connectivity index (χ0v) is 11.9. The Labute approximate surface area is 102 Å². The zero-order chi connectivity index (χ0) is 13.1. The van der Waals surface area contributed by atoms with Gasteiger partial charge in [-0.25, -0.2) is 0 Å². The highest BCUT2D eigenvalue weighted by Crippen LogP contribution is 2.20. The summed E-state index contributed by atoms with van der Waals surface area (Å²) in [6.07, 6.45) is -0.328. The molecule has 0 radical (unpaired) electrons. The first-order valence-electron chi connectivity index (χ1n) is 6.36. The highest BCUT2D eigenvalue weighted by Gasteiger charge is 2.10. The van der Waals surface area contributed by atoms with Crippen LogP contribution in [0.1, 0.15) is 58.8 Å². The van der Waals surface area contributed by atoms with Gasteiger partial charge < -0.3 is 5.11 Å². The van der Waals surface area contributed by atoms with E-state index in [1.54, 1.807) is 0 Å².